The largest absolute Gasteiger partial charge is 0.343 e. The first-order valence-corrected chi connectivity index (χ1v) is 8.84. The second-order valence-electron chi connectivity index (χ2n) is 5.37. The Morgan fingerprint density at radius 3 is 2.40 bits per heavy atom. The van der Waals surface area contributed by atoms with Gasteiger partial charge >= 0.3 is 0 Å². The molecule has 0 aliphatic heterocycles. The van der Waals surface area contributed by atoms with Gasteiger partial charge in [-0.3, -0.25) is 9.59 Å². The van der Waals surface area contributed by atoms with Crippen LogP contribution in [0.3, 0.4) is 0 Å². The molecule has 130 valence electrons. The van der Waals surface area contributed by atoms with Crippen LogP contribution in [-0.4, -0.2) is 24.1 Å². The van der Waals surface area contributed by atoms with Gasteiger partial charge in [-0.1, -0.05) is 55.8 Å². The zero-order chi connectivity index (χ0) is 18.1. The lowest BCUT2D eigenvalue weighted by molar-refractivity contribution is -0.120. The van der Waals surface area contributed by atoms with Crippen molar-refractivity contribution in [1.82, 2.24) is 10.7 Å². The smallest absolute Gasteiger partial charge is 0.259 e. The Hall–Kier alpha value is -2.47. The number of amides is 2. The highest BCUT2D eigenvalue weighted by atomic mass is 79.9. The van der Waals surface area contributed by atoms with E-state index in [-0.39, 0.29) is 18.4 Å². The summed E-state index contributed by atoms with van der Waals surface area (Å²) in [5.41, 5.74) is 4.78. The van der Waals surface area contributed by atoms with E-state index < -0.39 is 0 Å². The zero-order valence-corrected chi connectivity index (χ0v) is 15.5. The predicted molar refractivity (Wildman–Crippen MR) is 103 cm³/mol. The van der Waals surface area contributed by atoms with E-state index in [9.17, 15) is 9.59 Å². The molecule has 0 aliphatic rings. The Morgan fingerprint density at radius 1 is 1.04 bits per heavy atom. The molecule has 0 spiro atoms. The third kappa shape index (κ3) is 5.83. The highest BCUT2D eigenvalue weighted by molar-refractivity contribution is 9.10. The topological polar surface area (TPSA) is 70.6 Å². The molecule has 0 saturated carbocycles. The van der Waals surface area contributed by atoms with Crippen LogP contribution in [0.1, 0.15) is 35.7 Å². The van der Waals surface area contributed by atoms with Crippen LogP contribution >= 0.6 is 15.9 Å². The monoisotopic (exact) mass is 401 g/mol. The molecule has 2 aromatic rings. The number of benzene rings is 2. The molecule has 0 aromatic heterocycles. The van der Waals surface area contributed by atoms with Gasteiger partial charge in [0.15, 0.2) is 0 Å². The van der Waals surface area contributed by atoms with Crippen LogP contribution < -0.4 is 10.7 Å². The van der Waals surface area contributed by atoms with Gasteiger partial charge in [0.25, 0.3) is 11.8 Å². The summed E-state index contributed by atoms with van der Waals surface area (Å²) in [5, 5.41) is 6.79. The molecule has 25 heavy (non-hydrogen) atoms. The van der Waals surface area contributed by atoms with Gasteiger partial charge in [0, 0.05) is 4.47 Å². The van der Waals surface area contributed by atoms with Gasteiger partial charge in [-0.25, -0.2) is 5.43 Å². The summed E-state index contributed by atoms with van der Waals surface area (Å²) in [6, 6.07) is 16.7. The van der Waals surface area contributed by atoms with Crippen molar-refractivity contribution in [2.45, 2.75) is 19.8 Å². The standard InChI is InChI=1S/C19H20BrN3O2/c1-2-8-17(14-9-4-3-5-10-14)22-23-18(24)13-21-19(25)15-11-6-7-12-16(15)20/h3-7,9-12H,2,8,13H2,1H3,(H,21,25)(H,23,24). The summed E-state index contributed by atoms with van der Waals surface area (Å²) in [4.78, 5) is 24.0. The number of carbonyl (C=O) groups is 2. The summed E-state index contributed by atoms with van der Waals surface area (Å²) in [5.74, 6) is -0.687. The summed E-state index contributed by atoms with van der Waals surface area (Å²) >= 11 is 3.31. The van der Waals surface area contributed by atoms with Crippen molar-refractivity contribution < 1.29 is 9.59 Å². The molecule has 2 amide bonds. The molecular formula is C19H20BrN3O2. The summed E-state index contributed by atoms with van der Waals surface area (Å²) in [7, 11) is 0. The summed E-state index contributed by atoms with van der Waals surface area (Å²) in [6.07, 6.45) is 1.68. The van der Waals surface area contributed by atoms with Gasteiger partial charge < -0.3 is 5.32 Å². The van der Waals surface area contributed by atoms with E-state index in [1.807, 2.05) is 36.4 Å². The van der Waals surface area contributed by atoms with Crippen molar-refractivity contribution >= 4 is 33.5 Å². The lowest BCUT2D eigenvalue weighted by Crippen LogP contribution is -2.35. The SMILES string of the molecule is CCCC(=NNC(=O)CNC(=O)c1ccccc1Br)c1ccccc1. The maximum Gasteiger partial charge on any atom is 0.259 e. The molecule has 0 radical (unpaired) electrons. The summed E-state index contributed by atoms with van der Waals surface area (Å²) in [6.45, 7) is 1.91. The number of hydrogen-bond acceptors (Lipinski definition) is 3. The van der Waals surface area contributed by atoms with Gasteiger partial charge in [0.1, 0.15) is 0 Å². The number of carbonyl (C=O) groups excluding carboxylic acids is 2. The maximum atomic E-state index is 12.1. The van der Waals surface area contributed by atoms with Crippen LogP contribution in [0.15, 0.2) is 64.2 Å². The number of hydrazone groups is 1. The first-order chi connectivity index (χ1) is 12.1. The molecule has 2 N–H and O–H groups in total. The summed E-state index contributed by atoms with van der Waals surface area (Å²) < 4.78 is 0.681. The number of rotatable bonds is 7. The molecule has 0 saturated heterocycles. The maximum absolute atomic E-state index is 12.1. The molecule has 6 heteroatoms. The molecule has 0 bridgehead atoms. The number of nitrogens with one attached hydrogen (secondary N) is 2. The van der Waals surface area contributed by atoms with E-state index in [1.54, 1.807) is 18.2 Å². The lowest BCUT2D eigenvalue weighted by atomic mass is 10.1. The van der Waals surface area contributed by atoms with Crippen LogP contribution in [0.4, 0.5) is 0 Å². The molecule has 0 atom stereocenters. The molecule has 2 aromatic carbocycles. The number of halogens is 1. The van der Waals surface area contributed by atoms with E-state index in [1.165, 1.54) is 0 Å². The molecule has 5 nitrogen and oxygen atoms in total. The molecule has 0 aliphatic carbocycles. The first kappa shape index (κ1) is 18.9. The third-order valence-corrected chi connectivity index (χ3v) is 4.13. The van der Waals surface area contributed by atoms with Crippen molar-refractivity contribution in [2.75, 3.05) is 6.54 Å². The van der Waals surface area contributed by atoms with E-state index in [4.69, 9.17) is 0 Å². The van der Waals surface area contributed by atoms with Gasteiger partial charge in [-0.2, -0.15) is 5.10 Å². The second kappa shape index (κ2) is 9.74. The lowest BCUT2D eigenvalue weighted by Gasteiger charge is -2.08. The fourth-order valence-electron chi connectivity index (χ4n) is 2.20. The van der Waals surface area contributed by atoms with Gasteiger partial charge in [-0.15, -0.1) is 0 Å². The minimum atomic E-state index is -0.370. The predicted octanol–water partition coefficient (Wildman–Crippen LogP) is 3.50. The van der Waals surface area contributed by atoms with E-state index in [0.29, 0.717) is 10.0 Å². The third-order valence-electron chi connectivity index (χ3n) is 3.44. The van der Waals surface area contributed by atoms with Gasteiger partial charge in [-0.05, 0) is 40.0 Å². The highest BCUT2D eigenvalue weighted by Gasteiger charge is 2.10. The Balaban J connectivity index is 1.92. The van der Waals surface area contributed by atoms with Gasteiger partial charge in [0.2, 0.25) is 0 Å². The molecule has 2 rings (SSSR count). The fourth-order valence-corrected chi connectivity index (χ4v) is 2.67. The number of hydrogen-bond donors (Lipinski definition) is 2. The average molecular weight is 402 g/mol. The van der Waals surface area contributed by atoms with Crippen LogP contribution in [0.5, 0.6) is 0 Å². The quantitative estimate of drug-likeness (QED) is 0.550. The fraction of sp³-hybridized carbons (Fsp3) is 0.211. The Bertz CT molecular complexity index is 760. The average Bonchev–Trinajstić information content (AvgIpc) is 2.64. The van der Waals surface area contributed by atoms with Gasteiger partial charge in [0.05, 0.1) is 17.8 Å². The first-order valence-electron chi connectivity index (χ1n) is 8.05. The van der Waals surface area contributed by atoms with Crippen molar-refractivity contribution in [2.24, 2.45) is 5.10 Å². The highest BCUT2D eigenvalue weighted by Crippen LogP contribution is 2.15. The minimum absolute atomic E-state index is 0.141. The molecule has 0 unspecified atom stereocenters. The van der Waals surface area contributed by atoms with E-state index in [0.717, 1.165) is 24.1 Å². The molecule has 0 heterocycles. The van der Waals surface area contributed by atoms with Crippen molar-refractivity contribution in [3.8, 4) is 0 Å². The van der Waals surface area contributed by atoms with Crippen LogP contribution in [0.2, 0.25) is 0 Å². The minimum Gasteiger partial charge on any atom is -0.343 e. The van der Waals surface area contributed by atoms with Crippen molar-refractivity contribution in [1.29, 1.82) is 0 Å². The Labute approximate surface area is 155 Å². The second-order valence-corrected chi connectivity index (χ2v) is 6.23. The normalized spacial score (nSPS) is 11.0. The van der Waals surface area contributed by atoms with E-state index >= 15 is 0 Å². The zero-order valence-electron chi connectivity index (χ0n) is 14.0. The molecular weight excluding hydrogens is 382 g/mol. The van der Waals surface area contributed by atoms with Crippen LogP contribution in [0.25, 0.3) is 0 Å². The Morgan fingerprint density at radius 2 is 1.72 bits per heavy atom. The molecule has 0 fully saturated rings. The van der Waals surface area contributed by atoms with Crippen LogP contribution in [0, 0.1) is 0 Å². The van der Waals surface area contributed by atoms with Crippen LogP contribution in [-0.2, 0) is 4.79 Å². The number of nitrogens with zero attached hydrogens (tertiary/aromatic N) is 1. The van der Waals surface area contributed by atoms with E-state index in [2.05, 4.69) is 38.7 Å². The van der Waals surface area contributed by atoms with Crippen molar-refractivity contribution in [3.05, 3.63) is 70.2 Å². The van der Waals surface area contributed by atoms with Crippen molar-refractivity contribution in [3.63, 3.8) is 0 Å². The Kier molecular flexibility index (Phi) is 7.35.